The van der Waals surface area contributed by atoms with E-state index in [4.69, 9.17) is 23.8 Å². The standard InChI is InChI=1S/C31H32ClN5OS/c1-19-10-5-6-13-25(19)34-27(38)15-17-36-30(29(35-31(36)39)26-14-7-8-16-33-26)28-20(2)21(3)37(22(28)4)24-12-9-11-23(32)18-24/h5-14,16,18,29-30H,15,17H2,1-4H3,(H,34,38)(H,35,39)/t29-,30+/m0/s1. The van der Waals surface area contributed by atoms with Gasteiger partial charge in [0.25, 0.3) is 0 Å². The van der Waals surface area contributed by atoms with E-state index in [2.05, 4.69) is 51.9 Å². The van der Waals surface area contributed by atoms with E-state index in [9.17, 15) is 4.79 Å². The summed E-state index contributed by atoms with van der Waals surface area (Å²) < 4.78 is 2.25. The Balaban J connectivity index is 1.52. The highest BCUT2D eigenvalue weighted by Gasteiger charge is 2.42. The van der Waals surface area contributed by atoms with Gasteiger partial charge >= 0.3 is 0 Å². The summed E-state index contributed by atoms with van der Waals surface area (Å²) in [4.78, 5) is 19.8. The van der Waals surface area contributed by atoms with Crippen LogP contribution in [0.25, 0.3) is 5.69 Å². The van der Waals surface area contributed by atoms with Crippen LogP contribution in [0.2, 0.25) is 5.02 Å². The van der Waals surface area contributed by atoms with Crippen LogP contribution in [-0.2, 0) is 4.79 Å². The van der Waals surface area contributed by atoms with Gasteiger partial charge in [0.2, 0.25) is 5.91 Å². The molecule has 5 rings (SSSR count). The summed E-state index contributed by atoms with van der Waals surface area (Å²) in [5.41, 5.74) is 8.38. The third kappa shape index (κ3) is 5.29. The number of halogens is 1. The van der Waals surface area contributed by atoms with Gasteiger partial charge in [-0.3, -0.25) is 9.78 Å². The van der Waals surface area contributed by atoms with Crippen LogP contribution in [0.3, 0.4) is 0 Å². The van der Waals surface area contributed by atoms with Gasteiger partial charge in [-0.05, 0) is 87.4 Å². The normalized spacial score (nSPS) is 16.8. The number of benzene rings is 2. The number of nitrogens with one attached hydrogen (secondary N) is 2. The van der Waals surface area contributed by atoms with Crippen molar-refractivity contribution in [3.8, 4) is 5.69 Å². The van der Waals surface area contributed by atoms with Crippen molar-refractivity contribution in [2.75, 3.05) is 11.9 Å². The molecule has 0 spiro atoms. The van der Waals surface area contributed by atoms with Crippen molar-refractivity contribution in [2.24, 2.45) is 0 Å². The number of carbonyl (C=O) groups is 1. The van der Waals surface area contributed by atoms with E-state index in [1.54, 1.807) is 6.20 Å². The van der Waals surface area contributed by atoms with Crippen LogP contribution in [0, 0.1) is 27.7 Å². The Labute approximate surface area is 240 Å². The lowest BCUT2D eigenvalue weighted by molar-refractivity contribution is -0.116. The minimum absolute atomic E-state index is 0.0479. The first-order chi connectivity index (χ1) is 18.8. The van der Waals surface area contributed by atoms with Crippen LogP contribution in [-0.4, -0.2) is 32.0 Å². The minimum atomic E-state index is -0.162. The monoisotopic (exact) mass is 557 g/mol. The van der Waals surface area contributed by atoms with Crippen molar-refractivity contribution in [1.29, 1.82) is 0 Å². The van der Waals surface area contributed by atoms with Crippen LogP contribution < -0.4 is 10.6 Å². The lowest BCUT2D eigenvalue weighted by atomic mass is 9.93. The first-order valence-electron chi connectivity index (χ1n) is 13.0. The molecule has 0 saturated carbocycles. The van der Waals surface area contributed by atoms with Crippen molar-refractivity contribution in [3.05, 3.63) is 112 Å². The van der Waals surface area contributed by atoms with E-state index in [1.807, 2.05) is 67.6 Å². The molecule has 3 heterocycles. The maximum atomic E-state index is 13.0. The second-order valence-electron chi connectivity index (χ2n) is 9.96. The average molecular weight is 558 g/mol. The molecule has 6 nitrogen and oxygen atoms in total. The number of hydrogen-bond donors (Lipinski definition) is 2. The predicted molar refractivity (Wildman–Crippen MR) is 162 cm³/mol. The second kappa shape index (κ2) is 11.2. The molecule has 39 heavy (non-hydrogen) atoms. The second-order valence-corrected chi connectivity index (χ2v) is 10.8. The fourth-order valence-electron chi connectivity index (χ4n) is 5.55. The minimum Gasteiger partial charge on any atom is -0.352 e. The van der Waals surface area contributed by atoms with Crippen molar-refractivity contribution < 1.29 is 4.79 Å². The van der Waals surface area contributed by atoms with E-state index < -0.39 is 0 Å². The number of anilines is 1. The lowest BCUT2D eigenvalue weighted by Crippen LogP contribution is -2.33. The summed E-state index contributed by atoms with van der Waals surface area (Å²) in [7, 11) is 0. The van der Waals surface area contributed by atoms with Crippen LogP contribution in [0.1, 0.15) is 52.3 Å². The van der Waals surface area contributed by atoms with Crippen molar-refractivity contribution >= 4 is 40.5 Å². The maximum Gasteiger partial charge on any atom is 0.226 e. The van der Waals surface area contributed by atoms with Gasteiger partial charge in [-0.25, -0.2) is 0 Å². The molecule has 0 radical (unpaired) electrons. The Morgan fingerprint density at radius 3 is 2.51 bits per heavy atom. The van der Waals surface area contributed by atoms with Crippen molar-refractivity contribution in [1.82, 2.24) is 19.8 Å². The number of aryl methyl sites for hydroxylation is 1. The number of carbonyl (C=O) groups excluding carboxylic acids is 1. The highest BCUT2D eigenvalue weighted by Crippen LogP contribution is 2.43. The molecule has 2 aromatic heterocycles. The van der Waals surface area contributed by atoms with Crippen molar-refractivity contribution in [2.45, 2.75) is 46.2 Å². The Morgan fingerprint density at radius 1 is 1.03 bits per heavy atom. The van der Waals surface area contributed by atoms with Crippen LogP contribution in [0.5, 0.6) is 0 Å². The van der Waals surface area contributed by atoms with Gasteiger partial charge in [-0.15, -0.1) is 0 Å². The summed E-state index contributed by atoms with van der Waals surface area (Å²) in [5, 5.41) is 7.87. The van der Waals surface area contributed by atoms with Gasteiger partial charge < -0.3 is 20.1 Å². The van der Waals surface area contributed by atoms with Crippen LogP contribution in [0.4, 0.5) is 5.69 Å². The molecule has 4 aromatic rings. The predicted octanol–water partition coefficient (Wildman–Crippen LogP) is 6.76. The maximum absolute atomic E-state index is 13.0. The lowest BCUT2D eigenvalue weighted by Gasteiger charge is -2.29. The summed E-state index contributed by atoms with van der Waals surface area (Å²) in [6.07, 6.45) is 2.10. The summed E-state index contributed by atoms with van der Waals surface area (Å²) in [6, 6.07) is 21.3. The van der Waals surface area contributed by atoms with E-state index in [0.717, 1.165) is 34.0 Å². The molecule has 1 aliphatic rings. The molecule has 2 atom stereocenters. The van der Waals surface area contributed by atoms with Gasteiger partial charge in [0.05, 0.1) is 17.8 Å². The van der Waals surface area contributed by atoms with Gasteiger partial charge in [0.15, 0.2) is 5.11 Å². The van der Waals surface area contributed by atoms with E-state index in [-0.39, 0.29) is 18.0 Å². The molecule has 1 amide bonds. The summed E-state index contributed by atoms with van der Waals surface area (Å²) in [5.74, 6) is -0.0479. The van der Waals surface area contributed by atoms with Crippen LogP contribution >= 0.6 is 23.8 Å². The van der Waals surface area contributed by atoms with Crippen molar-refractivity contribution in [3.63, 3.8) is 0 Å². The topological polar surface area (TPSA) is 62.2 Å². The molecule has 2 N–H and O–H groups in total. The molecule has 1 aliphatic heterocycles. The van der Waals surface area contributed by atoms with E-state index in [0.29, 0.717) is 23.1 Å². The van der Waals surface area contributed by atoms with Gasteiger partial charge in [-0.2, -0.15) is 0 Å². The molecule has 200 valence electrons. The summed E-state index contributed by atoms with van der Waals surface area (Å²) >= 11 is 12.2. The summed E-state index contributed by atoms with van der Waals surface area (Å²) in [6.45, 7) is 8.87. The first kappa shape index (κ1) is 26.9. The molecule has 8 heteroatoms. The zero-order valence-electron chi connectivity index (χ0n) is 22.5. The third-order valence-corrected chi connectivity index (χ3v) is 8.15. The Bertz CT molecular complexity index is 1530. The van der Waals surface area contributed by atoms with Gasteiger partial charge in [0, 0.05) is 52.5 Å². The molecule has 1 fully saturated rings. The number of nitrogens with zero attached hydrogens (tertiary/aromatic N) is 3. The number of amides is 1. The molecule has 0 unspecified atom stereocenters. The highest BCUT2D eigenvalue weighted by atomic mass is 35.5. The highest BCUT2D eigenvalue weighted by molar-refractivity contribution is 7.80. The molecular weight excluding hydrogens is 526 g/mol. The van der Waals surface area contributed by atoms with Gasteiger partial charge in [-0.1, -0.05) is 41.9 Å². The Hall–Kier alpha value is -3.68. The largest absolute Gasteiger partial charge is 0.352 e. The van der Waals surface area contributed by atoms with E-state index >= 15 is 0 Å². The Morgan fingerprint density at radius 2 is 1.79 bits per heavy atom. The SMILES string of the molecule is Cc1ccccc1NC(=O)CCN1C(=S)N[C@@H](c2ccccn2)[C@H]1c1c(C)c(C)n(-c2cccc(Cl)c2)c1C. The average Bonchev–Trinajstić information content (AvgIpc) is 3.35. The smallest absolute Gasteiger partial charge is 0.226 e. The third-order valence-electron chi connectivity index (χ3n) is 7.57. The zero-order chi connectivity index (χ0) is 27.7. The fourth-order valence-corrected chi connectivity index (χ4v) is 6.07. The number of hydrogen-bond acceptors (Lipinski definition) is 3. The van der Waals surface area contributed by atoms with Crippen LogP contribution in [0.15, 0.2) is 72.9 Å². The first-order valence-corrected chi connectivity index (χ1v) is 13.8. The molecule has 0 aliphatic carbocycles. The van der Waals surface area contributed by atoms with Gasteiger partial charge in [0.1, 0.15) is 0 Å². The quantitative estimate of drug-likeness (QED) is 0.246. The number of para-hydroxylation sites is 1. The zero-order valence-corrected chi connectivity index (χ0v) is 24.1. The fraction of sp³-hybridized carbons (Fsp3) is 0.258. The number of rotatable bonds is 7. The Kier molecular flexibility index (Phi) is 7.73. The molecule has 1 saturated heterocycles. The number of thiocarbonyl (C=S) groups is 1. The number of pyridine rings is 1. The van der Waals surface area contributed by atoms with E-state index in [1.165, 1.54) is 11.1 Å². The molecule has 2 aromatic carbocycles. The molecular formula is C31H32ClN5OS. The number of aromatic nitrogens is 2. The molecule has 0 bridgehead atoms.